The molecule has 0 spiro atoms. The third-order valence-electron chi connectivity index (χ3n) is 5.68. The van der Waals surface area contributed by atoms with E-state index >= 15 is 0 Å². The quantitative estimate of drug-likeness (QED) is 0.739. The standard InChI is InChI=1S/C22H26Cl2N2O2/c1-25-21(27)12-15-26-13-10-18(11-14-26)22(28,16-2-6-19(23)7-3-16)17-4-8-20(24)9-5-17/h2-9,18,28H,10-15H2,1H3,(H,25,27). The smallest absolute Gasteiger partial charge is 0.221 e. The molecule has 2 N–H and O–H groups in total. The molecular formula is C22H26Cl2N2O2. The van der Waals surface area contributed by atoms with Gasteiger partial charge in [0.25, 0.3) is 0 Å². The van der Waals surface area contributed by atoms with Gasteiger partial charge in [-0.15, -0.1) is 0 Å². The fourth-order valence-corrected chi connectivity index (χ4v) is 4.26. The van der Waals surface area contributed by atoms with Crippen molar-refractivity contribution < 1.29 is 9.90 Å². The number of halogens is 2. The molecule has 3 rings (SSSR count). The SMILES string of the molecule is CNC(=O)CCN1CCC(C(O)(c2ccc(Cl)cc2)c2ccc(Cl)cc2)CC1. The van der Waals surface area contributed by atoms with Crippen LogP contribution < -0.4 is 5.32 Å². The van der Waals surface area contributed by atoms with Crippen LogP contribution in [-0.4, -0.2) is 42.6 Å². The molecule has 0 unspecified atom stereocenters. The predicted molar refractivity (Wildman–Crippen MR) is 114 cm³/mol. The molecule has 0 aromatic heterocycles. The van der Waals surface area contributed by atoms with Gasteiger partial charge in [0, 0.05) is 30.1 Å². The molecule has 1 saturated heterocycles. The Balaban J connectivity index is 1.81. The van der Waals surface area contributed by atoms with E-state index in [1.54, 1.807) is 7.05 Å². The molecule has 0 bridgehead atoms. The zero-order chi connectivity index (χ0) is 20.1. The number of piperidine rings is 1. The van der Waals surface area contributed by atoms with E-state index in [9.17, 15) is 9.90 Å². The number of benzene rings is 2. The van der Waals surface area contributed by atoms with Crippen molar-refractivity contribution in [1.29, 1.82) is 0 Å². The Bertz CT molecular complexity index is 740. The van der Waals surface area contributed by atoms with Crippen molar-refractivity contribution in [3.05, 3.63) is 69.7 Å². The monoisotopic (exact) mass is 420 g/mol. The van der Waals surface area contributed by atoms with Crippen LogP contribution in [0.1, 0.15) is 30.4 Å². The van der Waals surface area contributed by atoms with Crippen LogP contribution in [0.2, 0.25) is 10.0 Å². The lowest BCUT2D eigenvalue weighted by Crippen LogP contribution is -2.44. The number of likely N-dealkylation sites (tertiary alicyclic amines) is 1. The molecular weight excluding hydrogens is 395 g/mol. The molecule has 4 nitrogen and oxygen atoms in total. The first kappa shape index (κ1) is 21.1. The summed E-state index contributed by atoms with van der Waals surface area (Å²) in [5.74, 6) is 0.118. The summed E-state index contributed by atoms with van der Waals surface area (Å²) < 4.78 is 0. The minimum absolute atomic E-state index is 0.0564. The van der Waals surface area contributed by atoms with E-state index in [2.05, 4.69) is 10.2 Å². The molecule has 1 aliphatic rings. The molecule has 1 fully saturated rings. The maximum Gasteiger partial charge on any atom is 0.221 e. The van der Waals surface area contributed by atoms with Gasteiger partial charge in [0.1, 0.15) is 5.60 Å². The second kappa shape index (κ2) is 9.27. The Morgan fingerprint density at radius 2 is 1.50 bits per heavy atom. The molecule has 0 radical (unpaired) electrons. The first-order valence-corrected chi connectivity index (χ1v) is 10.4. The van der Waals surface area contributed by atoms with Gasteiger partial charge in [-0.1, -0.05) is 47.5 Å². The van der Waals surface area contributed by atoms with Crippen LogP contribution in [0.25, 0.3) is 0 Å². The molecule has 28 heavy (non-hydrogen) atoms. The average Bonchev–Trinajstić information content (AvgIpc) is 2.73. The number of hydrogen-bond donors (Lipinski definition) is 2. The van der Waals surface area contributed by atoms with Crippen molar-refractivity contribution in [3.63, 3.8) is 0 Å². The Morgan fingerprint density at radius 3 is 1.93 bits per heavy atom. The van der Waals surface area contributed by atoms with Crippen molar-refractivity contribution in [1.82, 2.24) is 10.2 Å². The molecule has 0 saturated carbocycles. The third kappa shape index (κ3) is 4.69. The summed E-state index contributed by atoms with van der Waals surface area (Å²) in [5.41, 5.74) is 0.563. The van der Waals surface area contributed by atoms with Gasteiger partial charge in [0.15, 0.2) is 0 Å². The lowest BCUT2D eigenvalue weighted by molar-refractivity contribution is -0.121. The fourth-order valence-electron chi connectivity index (χ4n) is 4.01. The number of nitrogens with one attached hydrogen (secondary N) is 1. The normalized spacial score (nSPS) is 16.1. The molecule has 2 aromatic rings. The first-order valence-electron chi connectivity index (χ1n) is 9.61. The number of rotatable bonds is 6. The molecule has 6 heteroatoms. The van der Waals surface area contributed by atoms with Crippen LogP contribution in [0.5, 0.6) is 0 Å². The van der Waals surface area contributed by atoms with Gasteiger partial charge in [0.2, 0.25) is 5.91 Å². The van der Waals surface area contributed by atoms with E-state index in [1.807, 2.05) is 48.5 Å². The molecule has 150 valence electrons. The summed E-state index contributed by atoms with van der Waals surface area (Å²) >= 11 is 12.1. The molecule has 1 heterocycles. The Labute approximate surface area is 176 Å². The van der Waals surface area contributed by atoms with Gasteiger partial charge in [-0.3, -0.25) is 4.79 Å². The van der Waals surface area contributed by atoms with Crippen LogP contribution in [0.3, 0.4) is 0 Å². The van der Waals surface area contributed by atoms with Gasteiger partial charge in [0.05, 0.1) is 0 Å². The summed E-state index contributed by atoms with van der Waals surface area (Å²) in [6, 6.07) is 14.9. The van der Waals surface area contributed by atoms with Gasteiger partial charge in [-0.05, 0) is 67.2 Å². The van der Waals surface area contributed by atoms with Crippen LogP contribution in [0, 0.1) is 5.92 Å². The van der Waals surface area contributed by atoms with Crippen molar-refractivity contribution in [3.8, 4) is 0 Å². The Kier molecular flexibility index (Phi) is 7.00. The molecule has 1 aliphatic heterocycles. The topological polar surface area (TPSA) is 52.6 Å². The van der Waals surface area contributed by atoms with Gasteiger partial charge >= 0.3 is 0 Å². The number of hydrogen-bond acceptors (Lipinski definition) is 3. The highest BCUT2D eigenvalue weighted by Crippen LogP contribution is 2.42. The van der Waals surface area contributed by atoms with E-state index in [-0.39, 0.29) is 11.8 Å². The number of amides is 1. The van der Waals surface area contributed by atoms with Crippen LogP contribution in [0.4, 0.5) is 0 Å². The minimum atomic E-state index is -1.11. The number of carbonyl (C=O) groups is 1. The van der Waals surface area contributed by atoms with Crippen molar-refractivity contribution in [2.75, 3.05) is 26.7 Å². The summed E-state index contributed by atoms with van der Waals surface area (Å²) in [5, 5.41) is 15.9. The zero-order valence-corrected chi connectivity index (χ0v) is 17.5. The van der Waals surface area contributed by atoms with Crippen LogP contribution in [0.15, 0.2) is 48.5 Å². The van der Waals surface area contributed by atoms with Gasteiger partial charge in [-0.25, -0.2) is 0 Å². The van der Waals surface area contributed by atoms with E-state index in [1.165, 1.54) is 0 Å². The summed E-state index contributed by atoms with van der Waals surface area (Å²) in [7, 11) is 1.66. The third-order valence-corrected chi connectivity index (χ3v) is 6.18. The van der Waals surface area contributed by atoms with Crippen LogP contribution >= 0.6 is 23.2 Å². The maximum absolute atomic E-state index is 11.9. The molecule has 0 aliphatic carbocycles. The van der Waals surface area contributed by atoms with E-state index in [0.717, 1.165) is 43.6 Å². The second-order valence-electron chi connectivity index (χ2n) is 7.32. The Hall–Kier alpha value is -1.59. The van der Waals surface area contributed by atoms with E-state index in [0.29, 0.717) is 16.5 Å². The zero-order valence-electron chi connectivity index (χ0n) is 16.0. The highest BCUT2D eigenvalue weighted by molar-refractivity contribution is 6.30. The lowest BCUT2D eigenvalue weighted by atomic mass is 9.72. The summed E-state index contributed by atoms with van der Waals surface area (Å²) in [4.78, 5) is 13.8. The lowest BCUT2D eigenvalue weighted by Gasteiger charge is -2.42. The number of carbonyl (C=O) groups excluding carboxylic acids is 1. The summed E-state index contributed by atoms with van der Waals surface area (Å²) in [6.45, 7) is 2.45. The highest BCUT2D eigenvalue weighted by Gasteiger charge is 2.41. The van der Waals surface area contributed by atoms with Gasteiger partial charge in [-0.2, -0.15) is 0 Å². The number of aliphatic hydroxyl groups is 1. The minimum Gasteiger partial charge on any atom is -0.380 e. The van der Waals surface area contributed by atoms with Crippen molar-refractivity contribution in [2.45, 2.75) is 24.9 Å². The van der Waals surface area contributed by atoms with Crippen LogP contribution in [-0.2, 0) is 10.4 Å². The predicted octanol–water partition coefficient (Wildman–Crippen LogP) is 4.08. The average molecular weight is 421 g/mol. The van der Waals surface area contributed by atoms with Crippen molar-refractivity contribution in [2.24, 2.45) is 5.92 Å². The maximum atomic E-state index is 11.9. The number of nitrogens with zero attached hydrogens (tertiary/aromatic N) is 1. The molecule has 0 atom stereocenters. The Morgan fingerprint density at radius 1 is 1.04 bits per heavy atom. The van der Waals surface area contributed by atoms with E-state index < -0.39 is 5.60 Å². The fraction of sp³-hybridized carbons (Fsp3) is 0.409. The van der Waals surface area contributed by atoms with E-state index in [4.69, 9.17) is 23.2 Å². The molecule has 2 aromatic carbocycles. The molecule has 1 amide bonds. The second-order valence-corrected chi connectivity index (χ2v) is 8.19. The first-order chi connectivity index (χ1) is 13.4. The highest BCUT2D eigenvalue weighted by atomic mass is 35.5. The largest absolute Gasteiger partial charge is 0.380 e. The van der Waals surface area contributed by atoms with Crippen molar-refractivity contribution >= 4 is 29.1 Å². The summed E-state index contributed by atoms with van der Waals surface area (Å²) in [6.07, 6.45) is 2.19. The van der Waals surface area contributed by atoms with Gasteiger partial charge < -0.3 is 15.3 Å².